The Kier molecular flexibility index (Phi) is 5.03. The van der Waals surface area contributed by atoms with E-state index in [0.29, 0.717) is 18.0 Å². The maximum Gasteiger partial charge on any atom is 0.230 e. The maximum atomic E-state index is 12.5. The minimum Gasteiger partial charge on any atom is -0.496 e. The molecule has 1 amide bonds. The molecule has 1 saturated heterocycles. The standard InChI is InChI=1S/C25H31N3O2/c1-15-9-10-21(24(27-15)16-7-5-4-6-8-16)26-14-17-11-22-19(13-23(17)30-3)18-12-20(18)25(29)28(22)2/h4-8,11,13,15,18,20-21,24,26-27H,9-10,12,14H2,1-3H3/t15?,18-,20-,21?,24?/m1/s1. The van der Waals surface area contributed by atoms with Gasteiger partial charge in [-0.1, -0.05) is 30.3 Å². The van der Waals surface area contributed by atoms with Gasteiger partial charge in [0.1, 0.15) is 5.75 Å². The molecule has 2 fully saturated rings. The lowest BCUT2D eigenvalue weighted by atomic mass is 9.89. The highest BCUT2D eigenvalue weighted by Gasteiger charge is 2.50. The van der Waals surface area contributed by atoms with Gasteiger partial charge in [0.05, 0.1) is 7.11 Å². The molecule has 0 radical (unpaired) electrons. The van der Waals surface area contributed by atoms with Crippen molar-refractivity contribution in [2.75, 3.05) is 19.1 Å². The first kappa shape index (κ1) is 19.6. The summed E-state index contributed by atoms with van der Waals surface area (Å²) in [6.45, 7) is 2.98. The normalized spacial score (nSPS) is 29.9. The van der Waals surface area contributed by atoms with Crippen molar-refractivity contribution in [1.29, 1.82) is 0 Å². The molecule has 2 aliphatic heterocycles. The van der Waals surface area contributed by atoms with Gasteiger partial charge in [-0.3, -0.25) is 4.79 Å². The van der Waals surface area contributed by atoms with Gasteiger partial charge < -0.3 is 20.3 Å². The largest absolute Gasteiger partial charge is 0.496 e. The molecule has 0 aromatic heterocycles. The van der Waals surface area contributed by atoms with E-state index < -0.39 is 0 Å². The molecule has 158 valence electrons. The summed E-state index contributed by atoms with van der Waals surface area (Å²) in [7, 11) is 3.64. The van der Waals surface area contributed by atoms with Crippen molar-refractivity contribution in [3.05, 3.63) is 59.2 Å². The van der Waals surface area contributed by atoms with Crippen molar-refractivity contribution in [2.45, 2.75) is 56.8 Å². The lowest BCUT2D eigenvalue weighted by molar-refractivity contribution is -0.119. The van der Waals surface area contributed by atoms with Gasteiger partial charge in [-0.15, -0.1) is 0 Å². The van der Waals surface area contributed by atoms with Crippen molar-refractivity contribution >= 4 is 11.6 Å². The summed E-state index contributed by atoms with van der Waals surface area (Å²) < 4.78 is 5.75. The Morgan fingerprint density at radius 1 is 1.17 bits per heavy atom. The van der Waals surface area contributed by atoms with Crippen molar-refractivity contribution in [3.63, 3.8) is 0 Å². The molecule has 0 bridgehead atoms. The predicted molar refractivity (Wildman–Crippen MR) is 119 cm³/mol. The number of amides is 1. The van der Waals surface area contributed by atoms with Crippen LogP contribution in [-0.4, -0.2) is 32.1 Å². The summed E-state index contributed by atoms with van der Waals surface area (Å²) in [6, 6.07) is 16.2. The lowest BCUT2D eigenvalue weighted by Crippen LogP contribution is -2.49. The summed E-state index contributed by atoms with van der Waals surface area (Å²) >= 11 is 0. The average molecular weight is 406 g/mol. The third kappa shape index (κ3) is 3.40. The SMILES string of the molecule is COc1cc2c(cc1CNC1CCC(C)NC1c1ccccc1)N(C)C(=O)[C@@H]1C[C@H]21. The van der Waals surface area contributed by atoms with Crippen LogP contribution >= 0.6 is 0 Å². The quantitative estimate of drug-likeness (QED) is 0.796. The highest BCUT2D eigenvalue weighted by molar-refractivity contribution is 6.01. The number of hydrogen-bond donors (Lipinski definition) is 2. The first-order valence-electron chi connectivity index (χ1n) is 11.1. The number of piperidine rings is 1. The second-order valence-electron chi connectivity index (χ2n) is 9.09. The van der Waals surface area contributed by atoms with E-state index in [1.165, 1.54) is 11.1 Å². The number of nitrogens with one attached hydrogen (secondary N) is 2. The molecule has 5 rings (SSSR count). The zero-order valence-corrected chi connectivity index (χ0v) is 18.0. The third-order valence-corrected chi connectivity index (χ3v) is 7.12. The molecule has 2 aromatic rings. The molecule has 30 heavy (non-hydrogen) atoms. The number of carbonyl (C=O) groups is 1. The Morgan fingerprint density at radius 3 is 2.73 bits per heavy atom. The van der Waals surface area contributed by atoms with E-state index in [1.807, 2.05) is 11.9 Å². The summed E-state index contributed by atoms with van der Waals surface area (Å²) in [6.07, 6.45) is 3.26. The number of methoxy groups -OCH3 is 1. The summed E-state index contributed by atoms with van der Waals surface area (Å²) in [4.78, 5) is 14.3. The van der Waals surface area contributed by atoms with Gasteiger partial charge in [-0.2, -0.15) is 0 Å². The molecular formula is C25H31N3O2. The fourth-order valence-electron chi connectivity index (χ4n) is 5.27. The fourth-order valence-corrected chi connectivity index (χ4v) is 5.27. The molecule has 1 aliphatic carbocycles. The van der Waals surface area contributed by atoms with Crippen LogP contribution in [0.3, 0.4) is 0 Å². The van der Waals surface area contributed by atoms with Crippen LogP contribution in [0.4, 0.5) is 5.69 Å². The molecule has 1 saturated carbocycles. The van der Waals surface area contributed by atoms with E-state index in [2.05, 4.69) is 60.0 Å². The van der Waals surface area contributed by atoms with E-state index in [1.54, 1.807) is 7.11 Å². The second kappa shape index (κ2) is 7.71. The van der Waals surface area contributed by atoms with Crippen molar-refractivity contribution in [1.82, 2.24) is 10.6 Å². The number of carbonyl (C=O) groups excluding carboxylic acids is 1. The van der Waals surface area contributed by atoms with Gasteiger partial charge >= 0.3 is 0 Å². The van der Waals surface area contributed by atoms with E-state index in [0.717, 1.165) is 42.8 Å². The number of fused-ring (bicyclic) bond motifs is 3. The topological polar surface area (TPSA) is 53.6 Å². The second-order valence-corrected chi connectivity index (χ2v) is 9.09. The van der Waals surface area contributed by atoms with Gasteiger partial charge in [-0.25, -0.2) is 0 Å². The lowest BCUT2D eigenvalue weighted by Gasteiger charge is -2.37. The Morgan fingerprint density at radius 2 is 1.97 bits per heavy atom. The zero-order valence-electron chi connectivity index (χ0n) is 18.0. The number of anilines is 1. The van der Waals surface area contributed by atoms with E-state index in [4.69, 9.17) is 4.74 Å². The fraction of sp³-hybridized carbons (Fsp3) is 0.480. The summed E-state index contributed by atoms with van der Waals surface area (Å²) in [5, 5.41) is 7.57. The summed E-state index contributed by atoms with van der Waals surface area (Å²) in [5.74, 6) is 1.73. The number of nitrogens with zero attached hydrogens (tertiary/aromatic N) is 1. The van der Waals surface area contributed by atoms with Gasteiger partial charge in [0, 0.05) is 48.9 Å². The van der Waals surface area contributed by atoms with Crippen LogP contribution in [0.5, 0.6) is 5.75 Å². The van der Waals surface area contributed by atoms with Gasteiger partial charge in [0.15, 0.2) is 0 Å². The minimum atomic E-state index is 0.179. The molecule has 3 unspecified atom stereocenters. The molecule has 5 nitrogen and oxygen atoms in total. The van der Waals surface area contributed by atoms with Gasteiger partial charge in [-0.05, 0) is 55.4 Å². The Labute approximate surface area is 178 Å². The monoisotopic (exact) mass is 405 g/mol. The number of hydrogen-bond acceptors (Lipinski definition) is 4. The smallest absolute Gasteiger partial charge is 0.230 e. The molecule has 0 spiro atoms. The van der Waals surface area contributed by atoms with Crippen LogP contribution < -0.4 is 20.3 Å². The molecular weight excluding hydrogens is 374 g/mol. The Bertz CT molecular complexity index is 945. The molecule has 5 atom stereocenters. The van der Waals surface area contributed by atoms with Crippen LogP contribution in [0.15, 0.2) is 42.5 Å². The maximum absolute atomic E-state index is 12.5. The molecule has 3 aliphatic rings. The van der Waals surface area contributed by atoms with Crippen LogP contribution in [0.1, 0.15) is 54.8 Å². The summed E-state index contributed by atoms with van der Waals surface area (Å²) in [5.41, 5.74) is 4.74. The first-order valence-corrected chi connectivity index (χ1v) is 11.1. The van der Waals surface area contributed by atoms with Crippen molar-refractivity contribution in [2.24, 2.45) is 5.92 Å². The van der Waals surface area contributed by atoms with Gasteiger partial charge in [0.25, 0.3) is 0 Å². The zero-order chi connectivity index (χ0) is 20.8. The number of ether oxygens (including phenoxy) is 1. The minimum absolute atomic E-state index is 0.179. The molecule has 5 heteroatoms. The predicted octanol–water partition coefficient (Wildman–Crippen LogP) is 3.75. The molecule has 2 heterocycles. The van der Waals surface area contributed by atoms with Crippen LogP contribution in [0.2, 0.25) is 0 Å². The average Bonchev–Trinajstić information content (AvgIpc) is 3.58. The van der Waals surface area contributed by atoms with Crippen LogP contribution in [-0.2, 0) is 11.3 Å². The van der Waals surface area contributed by atoms with Crippen LogP contribution in [0.25, 0.3) is 0 Å². The van der Waals surface area contributed by atoms with Crippen LogP contribution in [0, 0.1) is 5.92 Å². The molecule has 2 aromatic carbocycles. The Balaban J connectivity index is 1.38. The number of rotatable bonds is 5. The highest BCUT2D eigenvalue weighted by Crippen LogP contribution is 2.56. The van der Waals surface area contributed by atoms with Crippen molar-refractivity contribution < 1.29 is 9.53 Å². The first-order chi connectivity index (χ1) is 14.6. The third-order valence-electron chi connectivity index (χ3n) is 7.12. The Hall–Kier alpha value is -2.37. The molecule has 2 N–H and O–H groups in total. The van der Waals surface area contributed by atoms with Gasteiger partial charge in [0.2, 0.25) is 5.91 Å². The van der Waals surface area contributed by atoms with E-state index in [9.17, 15) is 4.79 Å². The number of benzene rings is 2. The highest BCUT2D eigenvalue weighted by atomic mass is 16.5. The van der Waals surface area contributed by atoms with E-state index >= 15 is 0 Å². The van der Waals surface area contributed by atoms with E-state index in [-0.39, 0.29) is 17.9 Å². The van der Waals surface area contributed by atoms with Crippen molar-refractivity contribution in [3.8, 4) is 5.75 Å².